The van der Waals surface area contributed by atoms with Gasteiger partial charge in [-0.1, -0.05) is 17.4 Å². The van der Waals surface area contributed by atoms with Crippen LogP contribution in [-0.2, 0) is 6.18 Å². The van der Waals surface area contributed by atoms with Gasteiger partial charge in [-0.25, -0.2) is 9.97 Å². The Morgan fingerprint density at radius 3 is 2.92 bits per heavy atom. The van der Waals surface area contributed by atoms with E-state index in [1.165, 1.54) is 17.4 Å². The zero-order valence-electron chi connectivity index (χ0n) is 13.6. The summed E-state index contributed by atoms with van der Waals surface area (Å²) in [6.07, 6.45) is 1.19. The number of hydrogen-bond acceptors (Lipinski definition) is 6. The first kappa shape index (κ1) is 17.0. The summed E-state index contributed by atoms with van der Waals surface area (Å²) in [5.74, 6) is 0.742. The van der Waals surface area contributed by atoms with Crippen LogP contribution in [0.1, 0.15) is 12.0 Å². The van der Waals surface area contributed by atoms with Crippen molar-refractivity contribution in [1.29, 1.82) is 0 Å². The lowest BCUT2D eigenvalue weighted by molar-refractivity contribution is -0.136. The Bertz CT molecular complexity index is 900. The zero-order chi connectivity index (χ0) is 18.1. The van der Waals surface area contributed by atoms with Gasteiger partial charge in [-0.2, -0.15) is 13.2 Å². The highest BCUT2D eigenvalue weighted by molar-refractivity contribution is 7.22. The Balaban J connectivity index is 1.47. The Hall–Kier alpha value is -2.42. The first-order chi connectivity index (χ1) is 12.5. The summed E-state index contributed by atoms with van der Waals surface area (Å²) < 4.78 is 45.6. The minimum atomic E-state index is -4.40. The number of para-hydroxylation sites is 1. The Morgan fingerprint density at radius 1 is 1.27 bits per heavy atom. The van der Waals surface area contributed by atoms with Crippen LogP contribution in [0.2, 0.25) is 0 Å². The lowest BCUT2D eigenvalue weighted by Crippen LogP contribution is -2.21. The minimum absolute atomic E-state index is 0.0271. The third kappa shape index (κ3) is 3.44. The van der Waals surface area contributed by atoms with Crippen molar-refractivity contribution in [3.8, 4) is 5.88 Å². The van der Waals surface area contributed by atoms with Crippen molar-refractivity contribution in [1.82, 2.24) is 15.0 Å². The number of rotatable bonds is 4. The first-order valence-electron chi connectivity index (χ1n) is 8.11. The van der Waals surface area contributed by atoms with Crippen LogP contribution in [0.4, 0.5) is 18.3 Å². The molecule has 1 aliphatic heterocycles. The van der Waals surface area contributed by atoms with Crippen molar-refractivity contribution >= 4 is 26.7 Å². The third-order valence-electron chi connectivity index (χ3n) is 4.28. The Morgan fingerprint density at radius 2 is 2.15 bits per heavy atom. The quantitative estimate of drug-likeness (QED) is 0.685. The Kier molecular flexibility index (Phi) is 4.39. The number of nitrogens with zero attached hydrogens (tertiary/aromatic N) is 4. The second-order valence-electron chi connectivity index (χ2n) is 6.10. The number of aromatic nitrogens is 3. The molecule has 9 heteroatoms. The molecule has 1 unspecified atom stereocenters. The summed E-state index contributed by atoms with van der Waals surface area (Å²) in [6, 6.07) is 4.18. The molecule has 136 valence electrons. The van der Waals surface area contributed by atoms with Gasteiger partial charge in [0.1, 0.15) is 0 Å². The predicted molar refractivity (Wildman–Crippen MR) is 92.5 cm³/mol. The fourth-order valence-corrected chi connectivity index (χ4v) is 4.03. The Labute approximate surface area is 151 Å². The molecule has 3 heterocycles. The lowest BCUT2D eigenvalue weighted by Gasteiger charge is -2.15. The average Bonchev–Trinajstić information content (AvgIpc) is 3.26. The SMILES string of the molecule is FC(F)(F)c1cccc2sc(N3CCC(COc4cnccn4)C3)nc12. The summed E-state index contributed by atoms with van der Waals surface area (Å²) in [4.78, 5) is 14.3. The maximum Gasteiger partial charge on any atom is 0.418 e. The molecule has 26 heavy (non-hydrogen) atoms. The molecule has 1 atom stereocenters. The van der Waals surface area contributed by atoms with Crippen LogP contribution in [0.5, 0.6) is 5.88 Å². The van der Waals surface area contributed by atoms with Gasteiger partial charge in [-0.15, -0.1) is 0 Å². The van der Waals surface area contributed by atoms with Gasteiger partial charge in [0, 0.05) is 31.4 Å². The van der Waals surface area contributed by atoms with Gasteiger partial charge in [0.2, 0.25) is 5.88 Å². The second kappa shape index (κ2) is 6.71. The van der Waals surface area contributed by atoms with E-state index in [2.05, 4.69) is 15.0 Å². The van der Waals surface area contributed by atoms with Gasteiger partial charge >= 0.3 is 6.18 Å². The summed E-state index contributed by atoms with van der Waals surface area (Å²) in [5, 5.41) is 0.624. The van der Waals surface area contributed by atoms with Crippen LogP contribution < -0.4 is 9.64 Å². The highest BCUT2D eigenvalue weighted by Gasteiger charge is 2.34. The van der Waals surface area contributed by atoms with Gasteiger partial charge in [0.05, 0.1) is 28.6 Å². The summed E-state index contributed by atoms with van der Waals surface area (Å²) in [6.45, 7) is 1.94. The molecule has 0 radical (unpaired) electrons. The lowest BCUT2D eigenvalue weighted by atomic mass is 10.1. The number of hydrogen-bond donors (Lipinski definition) is 0. The molecule has 0 spiro atoms. The van der Waals surface area contributed by atoms with E-state index < -0.39 is 11.7 Å². The number of ether oxygens (including phenoxy) is 1. The topological polar surface area (TPSA) is 51.1 Å². The molecule has 1 aromatic carbocycles. The maximum atomic E-state index is 13.2. The molecule has 0 saturated carbocycles. The van der Waals surface area contributed by atoms with E-state index in [0.717, 1.165) is 19.0 Å². The number of benzene rings is 1. The van der Waals surface area contributed by atoms with Crippen LogP contribution in [0.15, 0.2) is 36.8 Å². The first-order valence-corrected chi connectivity index (χ1v) is 8.93. The van der Waals surface area contributed by atoms with E-state index >= 15 is 0 Å². The molecule has 1 fully saturated rings. The summed E-state index contributed by atoms with van der Waals surface area (Å²) in [7, 11) is 0. The molecule has 5 nitrogen and oxygen atoms in total. The van der Waals surface area contributed by atoms with Gasteiger partial charge in [-0.3, -0.25) is 4.98 Å². The highest BCUT2D eigenvalue weighted by atomic mass is 32.1. The van der Waals surface area contributed by atoms with Crippen LogP contribution in [0, 0.1) is 5.92 Å². The largest absolute Gasteiger partial charge is 0.476 e. The van der Waals surface area contributed by atoms with Gasteiger partial charge in [0.25, 0.3) is 0 Å². The second-order valence-corrected chi connectivity index (χ2v) is 7.11. The molecule has 0 N–H and O–H groups in total. The standard InChI is InChI=1S/C17H15F3N4OS/c18-17(19,20)12-2-1-3-13-15(12)23-16(26-13)24-7-4-11(9-24)10-25-14-8-21-5-6-22-14/h1-3,5-6,8,11H,4,7,9-10H2. The number of thiazole rings is 1. The highest BCUT2D eigenvalue weighted by Crippen LogP contribution is 2.39. The van der Waals surface area contributed by atoms with E-state index in [1.807, 2.05) is 4.90 Å². The van der Waals surface area contributed by atoms with Crippen LogP contribution in [0.25, 0.3) is 10.2 Å². The fraction of sp³-hybridized carbons (Fsp3) is 0.353. The average molecular weight is 380 g/mol. The molecule has 1 aliphatic rings. The van der Waals surface area contributed by atoms with Crippen LogP contribution in [0.3, 0.4) is 0 Å². The molecule has 2 aromatic heterocycles. The van der Waals surface area contributed by atoms with Gasteiger partial charge in [-0.05, 0) is 18.6 Å². The van der Waals surface area contributed by atoms with Crippen LogP contribution in [-0.4, -0.2) is 34.6 Å². The number of anilines is 1. The van der Waals surface area contributed by atoms with Gasteiger partial charge < -0.3 is 9.64 Å². The normalized spacial score (nSPS) is 17.8. The number of fused-ring (bicyclic) bond motifs is 1. The molecule has 3 aromatic rings. The van der Waals surface area contributed by atoms with Crippen molar-refractivity contribution in [2.75, 3.05) is 24.6 Å². The molecule has 0 bridgehead atoms. The molecule has 0 amide bonds. The summed E-state index contributed by atoms with van der Waals surface area (Å²) in [5.41, 5.74) is -0.654. The molecular formula is C17H15F3N4OS. The molecular weight excluding hydrogens is 365 g/mol. The zero-order valence-corrected chi connectivity index (χ0v) is 14.4. The van der Waals surface area contributed by atoms with Crippen molar-refractivity contribution in [2.45, 2.75) is 12.6 Å². The van der Waals surface area contributed by atoms with Crippen molar-refractivity contribution in [2.24, 2.45) is 5.92 Å². The molecule has 1 saturated heterocycles. The van der Waals surface area contributed by atoms with Crippen LogP contribution >= 0.6 is 11.3 Å². The van der Waals surface area contributed by atoms with E-state index in [1.54, 1.807) is 24.7 Å². The third-order valence-corrected chi connectivity index (χ3v) is 5.36. The van der Waals surface area contributed by atoms with E-state index in [0.29, 0.717) is 28.9 Å². The van der Waals surface area contributed by atoms with E-state index in [9.17, 15) is 13.2 Å². The van der Waals surface area contributed by atoms with Crippen molar-refractivity contribution < 1.29 is 17.9 Å². The maximum absolute atomic E-state index is 13.2. The fourth-order valence-electron chi connectivity index (χ4n) is 3.01. The van der Waals surface area contributed by atoms with E-state index in [-0.39, 0.29) is 11.4 Å². The summed E-state index contributed by atoms with van der Waals surface area (Å²) >= 11 is 1.29. The predicted octanol–water partition coefficient (Wildman–Crippen LogP) is 4.01. The van der Waals surface area contributed by atoms with Crippen molar-refractivity contribution in [3.63, 3.8) is 0 Å². The smallest absolute Gasteiger partial charge is 0.418 e. The molecule has 4 rings (SSSR count). The number of halogens is 3. The minimum Gasteiger partial charge on any atom is -0.476 e. The number of alkyl halides is 3. The van der Waals surface area contributed by atoms with Gasteiger partial charge in [0.15, 0.2) is 5.13 Å². The van der Waals surface area contributed by atoms with Crippen molar-refractivity contribution in [3.05, 3.63) is 42.4 Å². The molecule has 0 aliphatic carbocycles. The van der Waals surface area contributed by atoms with E-state index in [4.69, 9.17) is 4.74 Å². The monoisotopic (exact) mass is 380 g/mol.